The predicted molar refractivity (Wildman–Crippen MR) is 108 cm³/mol. The molecule has 0 radical (unpaired) electrons. The Kier molecular flexibility index (Phi) is 6.88. The van der Waals surface area contributed by atoms with Crippen LogP contribution in [0, 0.1) is 6.92 Å². The summed E-state index contributed by atoms with van der Waals surface area (Å²) in [5.74, 6) is 1.16. The van der Waals surface area contributed by atoms with Crippen LogP contribution in [0.4, 0.5) is 0 Å². The first-order valence-corrected chi connectivity index (χ1v) is 10.5. The van der Waals surface area contributed by atoms with Gasteiger partial charge in [-0.1, -0.05) is 17.7 Å². The van der Waals surface area contributed by atoms with E-state index < -0.39 is 0 Å². The van der Waals surface area contributed by atoms with Gasteiger partial charge in [-0.2, -0.15) is 0 Å². The van der Waals surface area contributed by atoms with E-state index in [1.54, 1.807) is 12.0 Å². The van der Waals surface area contributed by atoms with Crippen LogP contribution in [-0.4, -0.2) is 57.7 Å². The summed E-state index contributed by atoms with van der Waals surface area (Å²) in [6, 6.07) is 10.5. The first kappa shape index (κ1) is 19.9. The number of thiophene rings is 1. The largest absolute Gasteiger partial charge is 0.496 e. The van der Waals surface area contributed by atoms with Gasteiger partial charge in [-0.15, -0.1) is 11.3 Å². The number of carbonyl (C=O) groups is 1. The highest BCUT2D eigenvalue weighted by molar-refractivity contribution is 7.09. The summed E-state index contributed by atoms with van der Waals surface area (Å²) in [6.07, 6.45) is 0. The molecule has 2 aromatic rings. The third kappa shape index (κ3) is 5.54. The van der Waals surface area contributed by atoms with Gasteiger partial charge in [-0.05, 0) is 30.5 Å². The molecule has 0 saturated carbocycles. The van der Waals surface area contributed by atoms with Crippen molar-refractivity contribution in [1.29, 1.82) is 0 Å². The summed E-state index contributed by atoms with van der Waals surface area (Å²) in [7, 11) is 3.78. The average Bonchev–Trinajstić information content (AvgIpc) is 3.15. The second-order valence-electron chi connectivity index (χ2n) is 7.51. The molecule has 0 aliphatic carbocycles. The summed E-state index contributed by atoms with van der Waals surface area (Å²) >= 11 is 1.82. The van der Waals surface area contributed by atoms with Crippen molar-refractivity contribution in [3.63, 3.8) is 0 Å². The Morgan fingerprint density at radius 2 is 2.07 bits per heavy atom. The second-order valence-corrected chi connectivity index (χ2v) is 8.55. The van der Waals surface area contributed by atoms with Crippen LogP contribution < -0.4 is 14.5 Å². The van der Waals surface area contributed by atoms with Gasteiger partial charge in [0.1, 0.15) is 18.8 Å². The normalized spacial score (nSPS) is 16.3. The van der Waals surface area contributed by atoms with Crippen LogP contribution in [-0.2, 0) is 17.9 Å². The third-order valence-electron chi connectivity index (χ3n) is 5.21. The van der Waals surface area contributed by atoms with E-state index in [0.717, 1.165) is 50.6 Å². The molecule has 0 spiro atoms. The number of nitrogens with one attached hydrogen (secondary N) is 2. The van der Waals surface area contributed by atoms with Crippen molar-refractivity contribution in [2.45, 2.75) is 20.0 Å². The number of aryl methyl sites for hydroxylation is 1. The fourth-order valence-electron chi connectivity index (χ4n) is 3.71. The van der Waals surface area contributed by atoms with Crippen molar-refractivity contribution in [3.8, 4) is 5.75 Å². The topological polar surface area (TPSA) is 38.4 Å². The molecular weight excluding hydrogens is 358 g/mol. The van der Waals surface area contributed by atoms with Gasteiger partial charge < -0.3 is 19.4 Å². The van der Waals surface area contributed by atoms with Gasteiger partial charge in [0.05, 0.1) is 45.2 Å². The lowest BCUT2D eigenvalue weighted by Crippen LogP contribution is -3.14. The number of piperazine rings is 1. The Balaban J connectivity index is 1.47. The SMILES string of the molecule is COc1ccc(C)cc1C[NH+](C)CC(=O)N1CC[NH+](Cc2cccs2)CC1. The van der Waals surface area contributed by atoms with Crippen molar-refractivity contribution in [1.82, 2.24) is 4.90 Å². The van der Waals surface area contributed by atoms with E-state index in [0.29, 0.717) is 6.54 Å². The van der Waals surface area contributed by atoms with E-state index in [2.05, 4.69) is 43.6 Å². The second kappa shape index (κ2) is 9.35. The summed E-state index contributed by atoms with van der Waals surface area (Å²) in [4.78, 5) is 18.9. The quantitative estimate of drug-likeness (QED) is 0.700. The first-order valence-electron chi connectivity index (χ1n) is 9.63. The van der Waals surface area contributed by atoms with Crippen molar-refractivity contribution in [2.24, 2.45) is 0 Å². The number of nitrogens with zero attached hydrogens (tertiary/aromatic N) is 1. The van der Waals surface area contributed by atoms with Gasteiger partial charge in [0.25, 0.3) is 5.91 Å². The van der Waals surface area contributed by atoms with Gasteiger partial charge in [0.2, 0.25) is 0 Å². The smallest absolute Gasteiger partial charge is 0.278 e. The zero-order chi connectivity index (χ0) is 19.2. The van der Waals surface area contributed by atoms with E-state index in [9.17, 15) is 4.79 Å². The summed E-state index contributed by atoms with van der Waals surface area (Å²) in [6.45, 7) is 8.28. The van der Waals surface area contributed by atoms with Gasteiger partial charge in [0.15, 0.2) is 6.54 Å². The van der Waals surface area contributed by atoms with E-state index in [-0.39, 0.29) is 5.91 Å². The minimum absolute atomic E-state index is 0.259. The first-order chi connectivity index (χ1) is 13.0. The number of methoxy groups -OCH3 is 1. The number of benzene rings is 1. The highest BCUT2D eigenvalue weighted by Gasteiger charge is 2.26. The van der Waals surface area contributed by atoms with E-state index in [4.69, 9.17) is 4.74 Å². The molecule has 146 valence electrons. The lowest BCUT2D eigenvalue weighted by Gasteiger charge is -2.32. The molecule has 2 heterocycles. The van der Waals surface area contributed by atoms with Crippen molar-refractivity contribution < 1.29 is 19.3 Å². The molecule has 1 atom stereocenters. The fraction of sp³-hybridized carbons (Fsp3) is 0.476. The molecule has 1 amide bonds. The molecule has 27 heavy (non-hydrogen) atoms. The Hall–Kier alpha value is -1.89. The van der Waals surface area contributed by atoms with Crippen LogP contribution in [0.1, 0.15) is 16.0 Å². The number of likely N-dealkylation sites (N-methyl/N-ethyl adjacent to an activating group) is 1. The maximum absolute atomic E-state index is 12.7. The number of rotatable bonds is 7. The zero-order valence-corrected chi connectivity index (χ0v) is 17.4. The Bertz CT molecular complexity index is 740. The number of carbonyl (C=O) groups excluding carboxylic acids is 1. The molecule has 1 unspecified atom stereocenters. The summed E-state index contributed by atoms with van der Waals surface area (Å²) < 4.78 is 5.47. The van der Waals surface area contributed by atoms with Gasteiger partial charge in [-0.25, -0.2) is 0 Å². The molecule has 5 nitrogen and oxygen atoms in total. The van der Waals surface area contributed by atoms with Crippen molar-refractivity contribution in [2.75, 3.05) is 46.9 Å². The molecule has 1 fully saturated rings. The molecule has 1 aliphatic heterocycles. The standard InChI is InChI=1S/C21H29N3O2S/c1-17-6-7-20(26-3)18(13-17)14-22(2)16-21(25)24-10-8-23(9-11-24)15-19-5-4-12-27-19/h4-7,12-13H,8-11,14-16H2,1-3H3/p+2. The molecule has 0 bridgehead atoms. The molecule has 1 aliphatic rings. The molecule has 1 aromatic heterocycles. The lowest BCUT2D eigenvalue weighted by atomic mass is 10.1. The number of quaternary nitrogens is 2. The van der Waals surface area contributed by atoms with Crippen LogP contribution in [0.25, 0.3) is 0 Å². The molecular formula is C21H31N3O2S+2. The molecule has 1 aromatic carbocycles. The molecule has 2 N–H and O–H groups in total. The van der Waals surface area contributed by atoms with Crippen LogP contribution >= 0.6 is 11.3 Å². The number of amides is 1. The minimum atomic E-state index is 0.259. The summed E-state index contributed by atoms with van der Waals surface area (Å²) in [5, 5.41) is 2.14. The molecule has 3 rings (SSSR count). The van der Waals surface area contributed by atoms with Gasteiger partial charge in [0, 0.05) is 5.56 Å². The molecule has 6 heteroatoms. The lowest BCUT2D eigenvalue weighted by molar-refractivity contribution is -0.917. The predicted octanol–water partition coefficient (Wildman–Crippen LogP) is 0.00712. The maximum atomic E-state index is 12.7. The number of hydrogen-bond donors (Lipinski definition) is 2. The van der Waals surface area contributed by atoms with E-state index in [1.807, 2.05) is 22.3 Å². The van der Waals surface area contributed by atoms with Gasteiger partial charge in [-0.3, -0.25) is 4.79 Å². The Labute approximate surface area is 166 Å². The van der Waals surface area contributed by atoms with Crippen LogP contribution in [0.5, 0.6) is 5.75 Å². The number of ether oxygens (including phenoxy) is 1. The van der Waals surface area contributed by atoms with E-state index >= 15 is 0 Å². The molecule has 1 saturated heterocycles. The minimum Gasteiger partial charge on any atom is -0.496 e. The van der Waals surface area contributed by atoms with E-state index in [1.165, 1.54) is 15.3 Å². The van der Waals surface area contributed by atoms with Crippen molar-refractivity contribution in [3.05, 3.63) is 51.7 Å². The average molecular weight is 390 g/mol. The Morgan fingerprint density at radius 1 is 1.30 bits per heavy atom. The maximum Gasteiger partial charge on any atom is 0.278 e. The highest BCUT2D eigenvalue weighted by Crippen LogP contribution is 2.18. The summed E-state index contributed by atoms with van der Waals surface area (Å²) in [5.41, 5.74) is 2.38. The van der Waals surface area contributed by atoms with Crippen LogP contribution in [0.2, 0.25) is 0 Å². The van der Waals surface area contributed by atoms with Gasteiger partial charge >= 0.3 is 0 Å². The monoisotopic (exact) mass is 389 g/mol. The Morgan fingerprint density at radius 3 is 2.74 bits per heavy atom. The van der Waals surface area contributed by atoms with Crippen molar-refractivity contribution >= 4 is 17.2 Å². The fourth-order valence-corrected chi connectivity index (χ4v) is 4.49. The van der Waals surface area contributed by atoms with Crippen LogP contribution in [0.15, 0.2) is 35.7 Å². The number of hydrogen-bond acceptors (Lipinski definition) is 3. The zero-order valence-electron chi connectivity index (χ0n) is 16.6. The van der Waals surface area contributed by atoms with Crippen LogP contribution in [0.3, 0.4) is 0 Å². The highest BCUT2D eigenvalue weighted by atomic mass is 32.1. The third-order valence-corrected chi connectivity index (χ3v) is 6.09.